The van der Waals surface area contributed by atoms with Gasteiger partial charge < -0.3 is 16.2 Å². The quantitative estimate of drug-likeness (QED) is 0.738. The highest BCUT2D eigenvalue weighted by atomic mass is 32.1. The third-order valence-corrected chi connectivity index (χ3v) is 3.90. The number of carbonyl (C=O) groups is 1. The van der Waals surface area contributed by atoms with Crippen molar-refractivity contribution in [3.63, 3.8) is 0 Å². The van der Waals surface area contributed by atoms with Crippen molar-refractivity contribution in [3.05, 3.63) is 11.1 Å². The number of rotatable bonds is 4. The smallest absolute Gasteiger partial charge is 0.226 e. The van der Waals surface area contributed by atoms with Gasteiger partial charge in [0.05, 0.1) is 24.3 Å². The molecule has 1 aromatic heterocycles. The van der Waals surface area contributed by atoms with E-state index in [0.717, 1.165) is 25.7 Å². The van der Waals surface area contributed by atoms with Crippen LogP contribution in [-0.4, -0.2) is 28.1 Å². The number of aliphatic hydroxyl groups excluding tert-OH is 1. The van der Waals surface area contributed by atoms with Crippen molar-refractivity contribution in [1.29, 1.82) is 0 Å². The lowest BCUT2D eigenvalue weighted by Crippen LogP contribution is -2.49. The topological polar surface area (TPSA) is 88.2 Å². The van der Waals surface area contributed by atoms with Gasteiger partial charge in [-0.2, -0.15) is 0 Å². The van der Waals surface area contributed by atoms with E-state index in [0.29, 0.717) is 10.8 Å². The molecule has 1 aliphatic rings. The molecule has 0 radical (unpaired) electrons. The summed E-state index contributed by atoms with van der Waals surface area (Å²) in [5.74, 6) is -0.0914. The lowest BCUT2D eigenvalue weighted by atomic mass is 9.98. The van der Waals surface area contributed by atoms with Crippen LogP contribution in [0.4, 0.5) is 5.13 Å². The van der Waals surface area contributed by atoms with Crippen molar-refractivity contribution in [1.82, 2.24) is 10.3 Å². The fourth-order valence-electron chi connectivity index (χ4n) is 2.28. The molecule has 0 aliphatic heterocycles. The minimum Gasteiger partial charge on any atom is -0.394 e. The van der Waals surface area contributed by atoms with E-state index in [-0.39, 0.29) is 18.9 Å². The van der Waals surface area contributed by atoms with Crippen LogP contribution in [0.3, 0.4) is 0 Å². The second-order valence-corrected chi connectivity index (χ2v) is 5.44. The van der Waals surface area contributed by atoms with Crippen LogP contribution in [-0.2, 0) is 11.2 Å². The number of amides is 1. The predicted octanol–water partition coefficient (Wildman–Crippen LogP) is 0.689. The van der Waals surface area contributed by atoms with Crippen molar-refractivity contribution in [2.24, 2.45) is 0 Å². The number of nitrogen functional groups attached to an aromatic ring is 1. The highest BCUT2D eigenvalue weighted by molar-refractivity contribution is 7.13. The van der Waals surface area contributed by atoms with Crippen LogP contribution in [0.1, 0.15) is 31.4 Å². The third-order valence-electron chi connectivity index (χ3n) is 3.18. The number of aliphatic hydroxyl groups is 1. The molecule has 0 aromatic carbocycles. The summed E-state index contributed by atoms with van der Waals surface area (Å²) in [4.78, 5) is 15.9. The second-order valence-electron chi connectivity index (χ2n) is 4.55. The first kappa shape index (κ1) is 12.3. The largest absolute Gasteiger partial charge is 0.394 e. The van der Waals surface area contributed by atoms with Crippen LogP contribution in [0, 0.1) is 0 Å². The van der Waals surface area contributed by atoms with E-state index in [9.17, 15) is 9.90 Å². The fraction of sp³-hybridized carbons (Fsp3) is 0.636. The molecule has 4 N–H and O–H groups in total. The number of hydrogen-bond donors (Lipinski definition) is 3. The van der Waals surface area contributed by atoms with Crippen molar-refractivity contribution in [3.8, 4) is 0 Å². The summed E-state index contributed by atoms with van der Waals surface area (Å²) in [6.07, 6.45) is 4.06. The minimum atomic E-state index is -0.404. The van der Waals surface area contributed by atoms with E-state index in [4.69, 9.17) is 5.73 Å². The summed E-state index contributed by atoms with van der Waals surface area (Å²) < 4.78 is 0. The molecule has 1 aromatic rings. The van der Waals surface area contributed by atoms with E-state index >= 15 is 0 Å². The SMILES string of the molecule is Nc1nc(CC(=O)NC2(CO)CCCC2)cs1. The highest BCUT2D eigenvalue weighted by Gasteiger charge is 2.34. The van der Waals surface area contributed by atoms with Crippen LogP contribution in [0.15, 0.2) is 5.38 Å². The number of carbonyl (C=O) groups excluding carboxylic acids is 1. The Labute approximate surface area is 104 Å². The summed E-state index contributed by atoms with van der Waals surface area (Å²) in [5, 5.41) is 14.6. The maximum Gasteiger partial charge on any atom is 0.226 e. The zero-order valence-electron chi connectivity index (χ0n) is 9.61. The Morgan fingerprint density at radius 1 is 1.59 bits per heavy atom. The number of anilines is 1. The molecule has 0 bridgehead atoms. The van der Waals surface area contributed by atoms with Gasteiger partial charge >= 0.3 is 0 Å². The van der Waals surface area contributed by atoms with Gasteiger partial charge in [-0.25, -0.2) is 4.98 Å². The maximum atomic E-state index is 11.8. The average molecular weight is 255 g/mol. The molecule has 2 rings (SSSR count). The van der Waals surface area contributed by atoms with E-state index in [1.54, 1.807) is 5.38 Å². The normalized spacial score (nSPS) is 18.2. The van der Waals surface area contributed by atoms with Gasteiger partial charge in [0.25, 0.3) is 0 Å². The first-order chi connectivity index (χ1) is 8.13. The van der Waals surface area contributed by atoms with Gasteiger partial charge in [-0.15, -0.1) is 11.3 Å². The molecular weight excluding hydrogens is 238 g/mol. The Morgan fingerprint density at radius 3 is 2.82 bits per heavy atom. The molecule has 94 valence electrons. The highest BCUT2D eigenvalue weighted by Crippen LogP contribution is 2.29. The Morgan fingerprint density at radius 2 is 2.29 bits per heavy atom. The van der Waals surface area contributed by atoms with Crippen molar-refractivity contribution >= 4 is 22.4 Å². The molecule has 0 atom stereocenters. The van der Waals surface area contributed by atoms with E-state index in [1.165, 1.54) is 11.3 Å². The Bertz CT molecular complexity index is 399. The maximum absolute atomic E-state index is 11.8. The zero-order chi connectivity index (χ0) is 12.3. The van der Waals surface area contributed by atoms with E-state index in [1.807, 2.05) is 0 Å². The molecule has 1 amide bonds. The lowest BCUT2D eigenvalue weighted by molar-refractivity contribution is -0.123. The molecule has 0 unspecified atom stereocenters. The van der Waals surface area contributed by atoms with Gasteiger partial charge in [0, 0.05) is 5.38 Å². The molecule has 1 fully saturated rings. The number of nitrogens with zero attached hydrogens (tertiary/aromatic N) is 1. The monoisotopic (exact) mass is 255 g/mol. The molecule has 1 heterocycles. The van der Waals surface area contributed by atoms with Crippen LogP contribution < -0.4 is 11.1 Å². The standard InChI is InChI=1S/C11H17N3O2S/c12-10-13-8(6-17-10)5-9(16)14-11(7-15)3-1-2-4-11/h6,15H,1-5,7H2,(H2,12,13)(H,14,16). The van der Waals surface area contributed by atoms with E-state index < -0.39 is 5.54 Å². The van der Waals surface area contributed by atoms with Crippen molar-refractivity contribution in [2.75, 3.05) is 12.3 Å². The summed E-state index contributed by atoms with van der Waals surface area (Å²) >= 11 is 1.33. The first-order valence-corrected chi connectivity index (χ1v) is 6.63. The molecule has 6 heteroatoms. The number of nitrogens with one attached hydrogen (secondary N) is 1. The lowest BCUT2D eigenvalue weighted by Gasteiger charge is -2.27. The zero-order valence-corrected chi connectivity index (χ0v) is 10.4. The van der Waals surface area contributed by atoms with Crippen molar-refractivity contribution < 1.29 is 9.90 Å². The Kier molecular flexibility index (Phi) is 3.63. The minimum absolute atomic E-state index is 0.0118. The van der Waals surface area contributed by atoms with Gasteiger partial charge in [-0.05, 0) is 12.8 Å². The van der Waals surface area contributed by atoms with E-state index in [2.05, 4.69) is 10.3 Å². The van der Waals surface area contributed by atoms with Crippen molar-refractivity contribution in [2.45, 2.75) is 37.6 Å². The molecule has 17 heavy (non-hydrogen) atoms. The number of hydrogen-bond acceptors (Lipinski definition) is 5. The molecule has 1 saturated carbocycles. The fourth-order valence-corrected chi connectivity index (χ4v) is 2.85. The molecule has 0 spiro atoms. The molecule has 5 nitrogen and oxygen atoms in total. The summed E-state index contributed by atoms with van der Waals surface area (Å²) in [6, 6.07) is 0. The van der Waals surface area contributed by atoms with Gasteiger partial charge in [-0.1, -0.05) is 12.8 Å². The van der Waals surface area contributed by atoms with Crippen LogP contribution in [0.25, 0.3) is 0 Å². The van der Waals surface area contributed by atoms with Crippen LogP contribution in [0.2, 0.25) is 0 Å². The summed E-state index contributed by atoms with van der Waals surface area (Å²) in [6.45, 7) is 0.0118. The number of thiazole rings is 1. The Balaban J connectivity index is 1.92. The summed E-state index contributed by atoms with van der Waals surface area (Å²) in [5.41, 5.74) is 5.79. The van der Waals surface area contributed by atoms with Gasteiger partial charge in [0.2, 0.25) is 5.91 Å². The van der Waals surface area contributed by atoms with Gasteiger partial charge in [-0.3, -0.25) is 4.79 Å². The number of aromatic nitrogens is 1. The third kappa shape index (κ3) is 2.95. The molecule has 0 saturated heterocycles. The second kappa shape index (κ2) is 5.01. The van der Waals surface area contributed by atoms with Gasteiger partial charge in [0.15, 0.2) is 5.13 Å². The molecule has 1 aliphatic carbocycles. The Hall–Kier alpha value is -1.14. The van der Waals surface area contributed by atoms with Gasteiger partial charge in [0.1, 0.15) is 0 Å². The van der Waals surface area contributed by atoms with Crippen LogP contribution in [0.5, 0.6) is 0 Å². The number of nitrogens with two attached hydrogens (primary N) is 1. The summed E-state index contributed by atoms with van der Waals surface area (Å²) in [7, 11) is 0. The molecular formula is C11H17N3O2S. The first-order valence-electron chi connectivity index (χ1n) is 5.75. The average Bonchev–Trinajstić information content (AvgIpc) is 2.89. The predicted molar refractivity (Wildman–Crippen MR) is 66.7 cm³/mol. The van der Waals surface area contributed by atoms with Crippen LogP contribution >= 0.6 is 11.3 Å².